The summed E-state index contributed by atoms with van der Waals surface area (Å²) in [5.41, 5.74) is 0. The van der Waals surface area contributed by atoms with Crippen LogP contribution in [0.5, 0.6) is 0 Å². The zero-order chi connectivity index (χ0) is 8.85. The van der Waals surface area contributed by atoms with Crippen LogP contribution < -0.4 is 5.32 Å². The number of nitrogens with zero attached hydrogens (tertiary/aromatic N) is 3. The fourth-order valence-electron chi connectivity index (χ4n) is 0.838. The molecule has 0 radical (unpaired) electrons. The number of rotatable bonds is 4. The highest BCUT2D eigenvalue weighted by Gasteiger charge is 2.16. The molecule has 0 aromatic rings. The second-order valence-corrected chi connectivity index (χ2v) is 2.13. The highest BCUT2D eigenvalue weighted by Crippen LogP contribution is 1.96. The van der Waals surface area contributed by atoms with E-state index < -0.39 is 0 Å². The van der Waals surface area contributed by atoms with Gasteiger partial charge in [0.1, 0.15) is 6.17 Å². The maximum atomic E-state index is 10.7. The second-order valence-electron chi connectivity index (χ2n) is 2.13. The van der Waals surface area contributed by atoms with Gasteiger partial charge >= 0.3 is 0 Å². The van der Waals surface area contributed by atoms with Gasteiger partial charge in [-0.3, -0.25) is 5.32 Å². The molecule has 0 heterocycles. The minimum absolute atomic E-state index is 0.108. The summed E-state index contributed by atoms with van der Waals surface area (Å²) in [4.78, 5) is 0.130. The Morgan fingerprint density at radius 3 is 2.64 bits per heavy atom. The third-order valence-corrected chi connectivity index (χ3v) is 1.52. The predicted molar refractivity (Wildman–Crippen MR) is 38.7 cm³/mol. The summed E-state index contributed by atoms with van der Waals surface area (Å²) in [7, 11) is 3.27. The predicted octanol–water partition coefficient (Wildman–Crippen LogP) is 0.140. The van der Waals surface area contributed by atoms with Gasteiger partial charge in [0, 0.05) is 0 Å². The van der Waals surface area contributed by atoms with E-state index in [1.54, 1.807) is 7.05 Å². The van der Waals surface area contributed by atoms with E-state index in [4.69, 9.17) is 5.21 Å². The molecule has 0 aliphatic rings. The van der Waals surface area contributed by atoms with Crippen molar-refractivity contribution in [2.45, 2.75) is 19.5 Å². The average Bonchev–Trinajstić information content (AvgIpc) is 2.05. The molecule has 0 aliphatic carbocycles. The molecule has 0 aromatic carbocycles. The summed E-state index contributed by atoms with van der Waals surface area (Å²) < 4.78 is 0. The van der Waals surface area contributed by atoms with Gasteiger partial charge in [0.05, 0.1) is 12.0 Å². The lowest BCUT2D eigenvalue weighted by molar-refractivity contribution is -0.712. The van der Waals surface area contributed by atoms with E-state index in [-0.39, 0.29) is 11.1 Å². The number of hydrogen-bond acceptors (Lipinski definition) is 3. The highest BCUT2D eigenvalue weighted by atomic mass is 16.6. The van der Waals surface area contributed by atoms with E-state index in [0.29, 0.717) is 0 Å². The summed E-state index contributed by atoms with van der Waals surface area (Å²) >= 11 is 0. The Bertz CT molecular complexity index is 134. The van der Waals surface area contributed by atoms with E-state index in [1.165, 1.54) is 12.1 Å². The first-order valence-electron chi connectivity index (χ1n) is 3.39. The third kappa shape index (κ3) is 2.58. The van der Waals surface area contributed by atoms with Crippen LogP contribution in [0.4, 0.5) is 0 Å². The smallest absolute Gasteiger partial charge is 0.230 e. The van der Waals surface area contributed by atoms with Crippen molar-refractivity contribution in [1.82, 2.24) is 10.3 Å². The maximum absolute atomic E-state index is 10.7. The topological polar surface area (TPSA) is 73.9 Å². The van der Waals surface area contributed by atoms with Gasteiger partial charge in [-0.05, 0) is 13.5 Å². The van der Waals surface area contributed by atoms with Gasteiger partial charge in [-0.2, -0.15) is 0 Å². The van der Waals surface area contributed by atoms with E-state index in [1.807, 2.05) is 6.92 Å². The molecule has 6 heteroatoms. The first-order chi connectivity index (χ1) is 5.17. The van der Waals surface area contributed by atoms with Crippen LogP contribution in [0.3, 0.4) is 0 Å². The Labute approximate surface area is 65.6 Å². The zero-order valence-corrected chi connectivity index (χ0v) is 6.98. The van der Waals surface area contributed by atoms with Crippen molar-refractivity contribution in [2.24, 2.45) is 5.28 Å². The van der Waals surface area contributed by atoms with Gasteiger partial charge in [-0.15, -0.1) is 5.01 Å². The maximum Gasteiger partial charge on any atom is 0.230 e. The zero-order valence-electron chi connectivity index (χ0n) is 6.98. The largest absolute Gasteiger partial charge is 0.569 e. The molecule has 0 bridgehead atoms. The van der Waals surface area contributed by atoms with E-state index in [0.717, 1.165) is 6.42 Å². The molecular weight excluding hydrogens is 148 g/mol. The van der Waals surface area contributed by atoms with Crippen molar-refractivity contribution in [3.63, 3.8) is 0 Å². The van der Waals surface area contributed by atoms with E-state index in [9.17, 15) is 5.21 Å². The molecular formula is C5H14N4O2. The Kier molecular flexibility index (Phi) is 4.28. The lowest BCUT2D eigenvalue weighted by atomic mass is 10.4. The minimum Gasteiger partial charge on any atom is -0.569 e. The molecule has 11 heavy (non-hydrogen) atoms. The van der Waals surface area contributed by atoms with Crippen LogP contribution >= 0.6 is 0 Å². The summed E-state index contributed by atoms with van der Waals surface area (Å²) in [5.74, 6) is 0. The normalized spacial score (nSPS) is 14.6. The van der Waals surface area contributed by atoms with E-state index in [2.05, 4.69) is 10.6 Å². The van der Waals surface area contributed by atoms with E-state index >= 15 is 0 Å². The Morgan fingerprint density at radius 1 is 1.82 bits per heavy atom. The average molecular weight is 162 g/mol. The van der Waals surface area contributed by atoms with Crippen molar-refractivity contribution < 1.29 is 10.2 Å². The second kappa shape index (κ2) is 4.73. The Morgan fingerprint density at radius 2 is 2.36 bits per heavy atom. The lowest BCUT2D eigenvalue weighted by Gasteiger charge is -2.21. The molecule has 0 saturated carbocycles. The van der Waals surface area contributed by atoms with Gasteiger partial charge in [0.25, 0.3) is 0 Å². The molecule has 6 nitrogen and oxygen atoms in total. The van der Waals surface area contributed by atoms with Crippen LogP contribution in [0.25, 0.3) is 0 Å². The molecule has 0 aromatic heterocycles. The Hall–Kier alpha value is -1.04. The number of hydrogen-bond donors (Lipinski definition) is 2. The summed E-state index contributed by atoms with van der Waals surface area (Å²) in [5, 5.41) is 25.4. The van der Waals surface area contributed by atoms with Gasteiger partial charge in [0.2, 0.25) is 5.28 Å². The highest BCUT2D eigenvalue weighted by molar-refractivity contribution is 4.52. The van der Waals surface area contributed by atoms with Gasteiger partial charge in [0.15, 0.2) is 0 Å². The standard InChI is InChI=1S/C5H14N4O2/c1-4-5(6-2)8(3)9(11)7-10/h5-6,10H,4H2,1-3H3/b9-7+. The van der Waals surface area contributed by atoms with Crippen molar-refractivity contribution in [3.8, 4) is 0 Å². The number of hydrazine groups is 1. The minimum atomic E-state index is -0.108. The first kappa shape index (κ1) is 9.96. The molecule has 0 aliphatic heterocycles. The molecule has 1 unspecified atom stereocenters. The summed E-state index contributed by atoms with van der Waals surface area (Å²) in [6.45, 7) is 1.92. The van der Waals surface area contributed by atoms with Crippen molar-refractivity contribution in [1.29, 1.82) is 0 Å². The SMILES string of the molecule is CCC(NC)N(C)/[N+]([O-])=N\O. The van der Waals surface area contributed by atoms with Crippen LogP contribution in [0.2, 0.25) is 0 Å². The van der Waals surface area contributed by atoms with Gasteiger partial charge < -0.3 is 10.4 Å². The van der Waals surface area contributed by atoms with Gasteiger partial charge in [-0.1, -0.05) is 6.92 Å². The van der Waals surface area contributed by atoms with Crippen molar-refractivity contribution >= 4 is 0 Å². The van der Waals surface area contributed by atoms with Crippen LogP contribution in [0.15, 0.2) is 5.28 Å². The first-order valence-corrected chi connectivity index (χ1v) is 3.39. The molecule has 0 spiro atoms. The summed E-state index contributed by atoms with van der Waals surface area (Å²) in [6.07, 6.45) is 0.643. The summed E-state index contributed by atoms with van der Waals surface area (Å²) in [6, 6.07) is 0. The van der Waals surface area contributed by atoms with Crippen LogP contribution in [-0.4, -0.2) is 35.4 Å². The van der Waals surface area contributed by atoms with Crippen LogP contribution in [-0.2, 0) is 0 Å². The fourth-order valence-corrected chi connectivity index (χ4v) is 0.838. The lowest BCUT2D eigenvalue weighted by Crippen LogP contribution is -2.44. The van der Waals surface area contributed by atoms with Crippen LogP contribution in [0.1, 0.15) is 13.3 Å². The number of nitrogens with one attached hydrogen (secondary N) is 1. The molecule has 1 atom stereocenters. The fraction of sp³-hybridized carbons (Fsp3) is 1.00. The van der Waals surface area contributed by atoms with Crippen molar-refractivity contribution in [3.05, 3.63) is 5.21 Å². The monoisotopic (exact) mass is 162 g/mol. The molecule has 0 amide bonds. The quantitative estimate of drug-likeness (QED) is 0.267. The molecule has 0 fully saturated rings. The Balaban J connectivity index is 4.08. The van der Waals surface area contributed by atoms with Crippen molar-refractivity contribution in [2.75, 3.05) is 14.1 Å². The third-order valence-electron chi connectivity index (χ3n) is 1.52. The van der Waals surface area contributed by atoms with Crippen LogP contribution in [0, 0.1) is 5.21 Å². The molecule has 0 saturated heterocycles. The molecule has 2 N–H and O–H groups in total. The molecule has 66 valence electrons. The van der Waals surface area contributed by atoms with Gasteiger partial charge in [-0.25, -0.2) is 0 Å². The molecule has 0 rings (SSSR count).